The lowest BCUT2D eigenvalue weighted by atomic mass is 9.73. The summed E-state index contributed by atoms with van der Waals surface area (Å²) in [6.45, 7) is 4.78. The van der Waals surface area contributed by atoms with E-state index in [0.717, 1.165) is 17.1 Å². The van der Waals surface area contributed by atoms with E-state index in [2.05, 4.69) is 230 Å². The molecule has 1 aliphatic heterocycles. The quantitative estimate of drug-likeness (QED) is 0.161. The molecular formula is C53H40N2S. The molecule has 56 heavy (non-hydrogen) atoms. The fraction of sp³-hybridized carbons (Fsp3) is 0.0566. The van der Waals surface area contributed by atoms with E-state index >= 15 is 0 Å². The third-order valence-electron chi connectivity index (χ3n) is 11.3. The minimum atomic E-state index is -0.194. The molecule has 0 radical (unpaired) electrons. The molecule has 0 N–H and O–H groups in total. The monoisotopic (exact) mass is 736 g/mol. The van der Waals surface area contributed by atoms with Crippen molar-refractivity contribution in [2.24, 2.45) is 0 Å². The summed E-state index contributed by atoms with van der Waals surface area (Å²) >= 11 is 1.89. The number of rotatable bonds is 7. The molecule has 268 valence electrons. The molecule has 0 saturated heterocycles. The van der Waals surface area contributed by atoms with E-state index in [9.17, 15) is 0 Å². The second kappa shape index (κ2) is 13.9. The largest absolute Gasteiger partial charge is 0.311 e. The molecule has 0 amide bonds. The van der Waals surface area contributed by atoms with E-state index in [-0.39, 0.29) is 5.41 Å². The molecule has 0 unspecified atom stereocenters. The van der Waals surface area contributed by atoms with Crippen LogP contribution in [0, 0.1) is 0 Å². The highest BCUT2D eigenvalue weighted by Gasteiger charge is 2.40. The fourth-order valence-electron chi connectivity index (χ4n) is 8.40. The molecule has 2 nitrogen and oxygen atoms in total. The van der Waals surface area contributed by atoms with Crippen LogP contribution in [0.2, 0.25) is 0 Å². The molecule has 1 aliphatic rings. The smallest absolute Gasteiger partial charge is 0.105 e. The number of anilines is 6. The third-order valence-corrected chi connectivity index (χ3v) is 12.4. The van der Waals surface area contributed by atoms with Gasteiger partial charge in [-0.05, 0) is 111 Å². The second-order valence-corrected chi connectivity index (χ2v) is 16.0. The van der Waals surface area contributed by atoms with Crippen LogP contribution in [0.15, 0.2) is 206 Å². The lowest BCUT2D eigenvalue weighted by molar-refractivity contribution is 0.641. The van der Waals surface area contributed by atoms with Gasteiger partial charge in [0.15, 0.2) is 0 Å². The zero-order valence-electron chi connectivity index (χ0n) is 31.4. The van der Waals surface area contributed by atoms with Crippen LogP contribution in [0.25, 0.3) is 43.5 Å². The minimum Gasteiger partial charge on any atom is -0.311 e. The van der Waals surface area contributed by atoms with Crippen LogP contribution in [-0.2, 0) is 5.41 Å². The van der Waals surface area contributed by atoms with Crippen LogP contribution in [0.1, 0.15) is 25.0 Å². The first-order valence-corrected chi connectivity index (χ1v) is 20.1. The molecule has 0 spiro atoms. The molecule has 1 aromatic heterocycles. The van der Waals surface area contributed by atoms with Crippen LogP contribution in [-0.4, -0.2) is 0 Å². The van der Waals surface area contributed by atoms with Crippen LogP contribution < -0.4 is 9.80 Å². The Kier molecular flexibility index (Phi) is 8.39. The van der Waals surface area contributed by atoms with Gasteiger partial charge in [0.2, 0.25) is 0 Å². The Bertz CT molecular complexity index is 2700. The third kappa shape index (κ3) is 5.89. The van der Waals surface area contributed by atoms with Crippen LogP contribution >= 0.6 is 11.3 Å². The second-order valence-electron chi connectivity index (χ2n) is 15.0. The lowest BCUT2D eigenvalue weighted by Crippen LogP contribution is -2.29. The van der Waals surface area contributed by atoms with Gasteiger partial charge in [-0.15, -0.1) is 11.3 Å². The van der Waals surface area contributed by atoms with Crippen molar-refractivity contribution in [1.82, 2.24) is 0 Å². The van der Waals surface area contributed by atoms with E-state index in [1.807, 2.05) is 11.3 Å². The van der Waals surface area contributed by atoms with Gasteiger partial charge >= 0.3 is 0 Å². The SMILES string of the molecule is CC1(C)c2cc(-c3ccc(N(c4ccc(-c5ccccc5)cc4)c4ccc(-c5ccccc5)cc4)cc3)ccc2N(c2ccccc2)c2sc3ccccc3c21. The van der Waals surface area contributed by atoms with Crippen molar-refractivity contribution >= 4 is 54.9 Å². The molecule has 0 bridgehead atoms. The Morgan fingerprint density at radius 2 is 0.857 bits per heavy atom. The molecule has 0 saturated carbocycles. The number of nitrogens with zero attached hydrogens (tertiary/aromatic N) is 2. The number of hydrogen-bond donors (Lipinski definition) is 0. The topological polar surface area (TPSA) is 6.48 Å². The van der Waals surface area contributed by atoms with E-state index in [4.69, 9.17) is 0 Å². The standard InChI is InChI=1S/C53H40N2S/c1-53(2)48-36-42(28-35-49(48)55(43-18-10-5-11-19-43)52-51(53)47-20-12-13-21-50(47)56-52)41-26-33-46(34-27-41)54(44-29-22-39(23-30-44)37-14-6-3-7-15-37)45-31-24-40(25-32-45)38-16-8-4-9-17-38/h3-36H,1-2H3. The Balaban J connectivity index is 1.04. The number of benzene rings is 8. The number of para-hydroxylation sites is 1. The zero-order chi connectivity index (χ0) is 37.6. The molecule has 9 aromatic rings. The van der Waals surface area contributed by atoms with Crippen LogP contribution in [0.5, 0.6) is 0 Å². The number of hydrogen-bond acceptors (Lipinski definition) is 3. The van der Waals surface area contributed by atoms with Gasteiger partial charge in [-0.3, -0.25) is 0 Å². The predicted molar refractivity (Wildman–Crippen MR) is 240 cm³/mol. The summed E-state index contributed by atoms with van der Waals surface area (Å²) in [5.74, 6) is 0. The maximum Gasteiger partial charge on any atom is 0.105 e. The lowest BCUT2D eigenvalue weighted by Gasteiger charge is -2.40. The highest BCUT2D eigenvalue weighted by Crippen LogP contribution is 2.58. The number of thiophene rings is 1. The van der Waals surface area contributed by atoms with Gasteiger partial charge in [-0.2, -0.15) is 0 Å². The van der Waals surface area contributed by atoms with Crippen molar-refractivity contribution in [2.45, 2.75) is 19.3 Å². The molecule has 8 aromatic carbocycles. The Hall–Kier alpha value is -6.68. The van der Waals surface area contributed by atoms with Gasteiger partial charge < -0.3 is 9.80 Å². The summed E-state index contributed by atoms with van der Waals surface area (Å²) in [7, 11) is 0. The molecule has 10 rings (SSSR count). The van der Waals surface area contributed by atoms with Crippen molar-refractivity contribution < 1.29 is 0 Å². The first-order chi connectivity index (χ1) is 27.5. The molecule has 0 aliphatic carbocycles. The predicted octanol–water partition coefficient (Wildman–Crippen LogP) is 15.5. The Morgan fingerprint density at radius 1 is 0.429 bits per heavy atom. The summed E-state index contributed by atoms with van der Waals surface area (Å²) in [6.07, 6.45) is 0. The first-order valence-electron chi connectivity index (χ1n) is 19.3. The van der Waals surface area contributed by atoms with Crippen molar-refractivity contribution in [2.75, 3.05) is 9.80 Å². The number of fused-ring (bicyclic) bond motifs is 4. The highest BCUT2D eigenvalue weighted by molar-refractivity contribution is 7.23. The van der Waals surface area contributed by atoms with Gasteiger partial charge in [0.25, 0.3) is 0 Å². The van der Waals surface area contributed by atoms with Gasteiger partial charge in [0.05, 0.1) is 5.69 Å². The van der Waals surface area contributed by atoms with Gasteiger partial charge in [-0.25, -0.2) is 0 Å². The van der Waals surface area contributed by atoms with Crippen molar-refractivity contribution in [3.63, 3.8) is 0 Å². The summed E-state index contributed by atoms with van der Waals surface area (Å²) in [6, 6.07) is 74.8. The Labute approximate surface area is 333 Å². The van der Waals surface area contributed by atoms with Crippen LogP contribution in [0.3, 0.4) is 0 Å². The van der Waals surface area contributed by atoms with Gasteiger partial charge in [0.1, 0.15) is 5.00 Å². The zero-order valence-corrected chi connectivity index (χ0v) is 32.2. The van der Waals surface area contributed by atoms with Crippen LogP contribution in [0.4, 0.5) is 33.4 Å². The maximum absolute atomic E-state index is 2.47. The summed E-state index contributed by atoms with van der Waals surface area (Å²) in [5.41, 5.74) is 15.5. The van der Waals surface area contributed by atoms with Crippen molar-refractivity contribution in [1.29, 1.82) is 0 Å². The minimum absolute atomic E-state index is 0.194. The molecule has 0 fully saturated rings. The maximum atomic E-state index is 2.47. The van der Waals surface area contributed by atoms with Crippen molar-refractivity contribution in [3.8, 4) is 33.4 Å². The molecular weight excluding hydrogens is 697 g/mol. The van der Waals surface area contributed by atoms with E-state index < -0.39 is 0 Å². The van der Waals surface area contributed by atoms with Crippen molar-refractivity contribution in [3.05, 3.63) is 217 Å². The molecule has 2 heterocycles. The summed E-state index contributed by atoms with van der Waals surface area (Å²) < 4.78 is 1.32. The average Bonchev–Trinajstić information content (AvgIpc) is 3.66. The Morgan fingerprint density at radius 3 is 1.39 bits per heavy atom. The normalized spacial score (nSPS) is 12.9. The van der Waals surface area contributed by atoms with E-state index in [0.29, 0.717) is 0 Å². The summed E-state index contributed by atoms with van der Waals surface area (Å²) in [4.78, 5) is 4.82. The van der Waals surface area contributed by atoms with Gasteiger partial charge in [-0.1, -0.05) is 153 Å². The molecule has 3 heteroatoms. The van der Waals surface area contributed by atoms with E-state index in [1.165, 1.54) is 71.0 Å². The average molecular weight is 737 g/mol. The summed E-state index contributed by atoms with van der Waals surface area (Å²) in [5, 5.41) is 2.65. The molecule has 0 atom stereocenters. The highest BCUT2D eigenvalue weighted by atomic mass is 32.1. The van der Waals surface area contributed by atoms with E-state index in [1.54, 1.807) is 0 Å². The fourth-order valence-corrected chi connectivity index (χ4v) is 9.80. The first kappa shape index (κ1) is 33.9. The van der Waals surface area contributed by atoms with Gasteiger partial charge in [0, 0.05) is 38.4 Å².